The van der Waals surface area contributed by atoms with Crippen LogP contribution in [0.5, 0.6) is 0 Å². The molecule has 0 spiro atoms. The van der Waals surface area contributed by atoms with Crippen LogP contribution in [0.1, 0.15) is 45.4 Å². The molecule has 3 unspecified atom stereocenters. The molecule has 0 radical (unpaired) electrons. The highest BCUT2D eigenvalue weighted by atomic mass is 16.4. The fourth-order valence-electron chi connectivity index (χ4n) is 3.52. The van der Waals surface area contributed by atoms with Crippen LogP contribution < -0.4 is 5.73 Å². The average Bonchev–Trinajstić information content (AvgIpc) is 2.61. The molecule has 0 aromatic carbocycles. The Hall–Kier alpha value is -0.650. The number of carbonyl (C=O) groups is 1. The van der Waals surface area contributed by atoms with Gasteiger partial charge in [0.25, 0.3) is 0 Å². The van der Waals surface area contributed by atoms with Crippen molar-refractivity contribution in [3.05, 3.63) is 0 Å². The maximum atomic E-state index is 10.9. The molecule has 2 aliphatic rings. The van der Waals surface area contributed by atoms with Crippen LogP contribution in [0.25, 0.3) is 0 Å². The number of nitrogens with two attached hydrogens (primary N) is 1. The second-order valence-electron chi connectivity index (χ2n) is 6.82. The molecule has 2 aliphatic heterocycles. The van der Waals surface area contributed by atoms with Gasteiger partial charge in [0, 0.05) is 18.6 Å². The van der Waals surface area contributed by atoms with E-state index < -0.39 is 11.5 Å². The predicted octanol–water partition coefficient (Wildman–Crippen LogP) is 1.13. The van der Waals surface area contributed by atoms with Gasteiger partial charge in [-0.2, -0.15) is 0 Å². The number of likely N-dealkylation sites (N-methyl/N-ethyl adjacent to an activating group) is 1. The zero-order chi connectivity index (χ0) is 14.8. The Bertz CT molecular complexity index is 346. The van der Waals surface area contributed by atoms with E-state index in [1.807, 2.05) is 0 Å². The SMILES string of the molecule is CN1C2CCC1CN(CCCCC(C)(N)C(=O)O)CC2. The molecule has 5 nitrogen and oxygen atoms in total. The van der Waals surface area contributed by atoms with E-state index >= 15 is 0 Å². The fraction of sp³-hybridized carbons (Fsp3) is 0.933. The first-order valence-electron chi connectivity index (χ1n) is 7.87. The molecule has 3 N–H and O–H groups in total. The van der Waals surface area contributed by atoms with Gasteiger partial charge >= 0.3 is 5.97 Å². The topological polar surface area (TPSA) is 69.8 Å². The molecule has 2 fully saturated rings. The fourth-order valence-corrected chi connectivity index (χ4v) is 3.52. The molecule has 0 saturated carbocycles. The smallest absolute Gasteiger partial charge is 0.323 e. The van der Waals surface area contributed by atoms with Crippen molar-refractivity contribution in [1.29, 1.82) is 0 Å². The molecular formula is C15H29N3O2. The Labute approximate surface area is 122 Å². The van der Waals surface area contributed by atoms with E-state index in [2.05, 4.69) is 16.8 Å². The molecule has 0 aromatic heterocycles. The van der Waals surface area contributed by atoms with Gasteiger partial charge in [0.2, 0.25) is 0 Å². The third-order valence-corrected chi connectivity index (χ3v) is 5.14. The normalized spacial score (nSPS) is 30.9. The second-order valence-corrected chi connectivity index (χ2v) is 6.82. The van der Waals surface area contributed by atoms with E-state index in [4.69, 9.17) is 10.8 Å². The van der Waals surface area contributed by atoms with Crippen LogP contribution in [0, 0.1) is 0 Å². The maximum Gasteiger partial charge on any atom is 0.323 e. The number of aliphatic carboxylic acids is 1. The van der Waals surface area contributed by atoms with Crippen LogP contribution in [0.4, 0.5) is 0 Å². The van der Waals surface area contributed by atoms with Crippen molar-refractivity contribution in [2.75, 3.05) is 26.7 Å². The first kappa shape index (κ1) is 15.7. The van der Waals surface area contributed by atoms with Crippen LogP contribution in [0.15, 0.2) is 0 Å². The summed E-state index contributed by atoms with van der Waals surface area (Å²) >= 11 is 0. The number of fused-ring (bicyclic) bond motifs is 2. The summed E-state index contributed by atoms with van der Waals surface area (Å²) in [5.74, 6) is -0.897. The highest BCUT2D eigenvalue weighted by molar-refractivity contribution is 5.77. The van der Waals surface area contributed by atoms with Gasteiger partial charge in [-0.1, -0.05) is 0 Å². The molecule has 0 aliphatic carbocycles. The minimum atomic E-state index is -1.07. The van der Waals surface area contributed by atoms with Gasteiger partial charge in [-0.25, -0.2) is 0 Å². The van der Waals surface area contributed by atoms with Crippen molar-refractivity contribution in [1.82, 2.24) is 9.80 Å². The van der Waals surface area contributed by atoms with E-state index in [0.717, 1.165) is 31.5 Å². The summed E-state index contributed by atoms with van der Waals surface area (Å²) in [4.78, 5) is 16.1. The standard InChI is InChI=1S/C15H29N3O2/c1-15(16,14(19)20)8-3-4-9-18-10-7-12-5-6-13(11-18)17(12)2/h12-13H,3-11,16H2,1-2H3,(H,19,20). The third-order valence-electron chi connectivity index (χ3n) is 5.14. The predicted molar refractivity (Wildman–Crippen MR) is 79.7 cm³/mol. The minimum Gasteiger partial charge on any atom is -0.480 e. The molecular weight excluding hydrogens is 254 g/mol. The lowest BCUT2D eigenvalue weighted by molar-refractivity contribution is -0.142. The Morgan fingerprint density at radius 1 is 1.30 bits per heavy atom. The summed E-state index contributed by atoms with van der Waals surface area (Å²) in [6, 6.07) is 1.51. The van der Waals surface area contributed by atoms with Crippen molar-refractivity contribution >= 4 is 5.97 Å². The number of unbranched alkanes of at least 4 members (excludes halogenated alkanes) is 1. The number of nitrogens with zero attached hydrogens (tertiary/aromatic N) is 2. The molecule has 3 atom stereocenters. The molecule has 2 heterocycles. The number of likely N-dealkylation sites (tertiary alicyclic amines) is 1. The summed E-state index contributed by atoms with van der Waals surface area (Å²) in [6.07, 6.45) is 6.45. The van der Waals surface area contributed by atoms with E-state index in [1.165, 1.54) is 32.4 Å². The molecule has 2 bridgehead atoms. The Morgan fingerprint density at radius 2 is 2.00 bits per heavy atom. The Morgan fingerprint density at radius 3 is 2.70 bits per heavy atom. The summed E-state index contributed by atoms with van der Waals surface area (Å²) in [5, 5.41) is 8.99. The summed E-state index contributed by atoms with van der Waals surface area (Å²) in [5.41, 5.74) is 4.68. The second kappa shape index (κ2) is 6.41. The Balaban J connectivity index is 1.69. The number of hydrogen-bond acceptors (Lipinski definition) is 4. The number of hydrogen-bond donors (Lipinski definition) is 2. The van der Waals surface area contributed by atoms with E-state index in [1.54, 1.807) is 6.92 Å². The molecule has 20 heavy (non-hydrogen) atoms. The van der Waals surface area contributed by atoms with Crippen molar-refractivity contribution in [2.24, 2.45) is 5.73 Å². The highest BCUT2D eigenvalue weighted by Crippen LogP contribution is 2.28. The quantitative estimate of drug-likeness (QED) is 0.715. The largest absolute Gasteiger partial charge is 0.480 e. The molecule has 116 valence electrons. The zero-order valence-corrected chi connectivity index (χ0v) is 12.8. The number of rotatable bonds is 6. The van der Waals surface area contributed by atoms with Crippen molar-refractivity contribution in [2.45, 2.75) is 63.1 Å². The summed E-state index contributed by atoms with van der Waals surface area (Å²) in [6.45, 7) is 5.04. The van der Waals surface area contributed by atoms with E-state index in [-0.39, 0.29) is 0 Å². The molecule has 2 rings (SSSR count). The van der Waals surface area contributed by atoms with Gasteiger partial charge in [-0.15, -0.1) is 0 Å². The summed E-state index contributed by atoms with van der Waals surface area (Å²) in [7, 11) is 2.26. The lowest BCUT2D eigenvalue weighted by Gasteiger charge is -2.26. The van der Waals surface area contributed by atoms with E-state index in [0.29, 0.717) is 6.42 Å². The van der Waals surface area contributed by atoms with Gasteiger partial charge in [0.15, 0.2) is 0 Å². The first-order chi connectivity index (χ1) is 9.40. The van der Waals surface area contributed by atoms with Gasteiger partial charge < -0.3 is 15.7 Å². The monoisotopic (exact) mass is 283 g/mol. The number of carboxylic acid groups (broad SMARTS) is 1. The average molecular weight is 283 g/mol. The third kappa shape index (κ3) is 3.71. The van der Waals surface area contributed by atoms with Gasteiger partial charge in [0.05, 0.1) is 0 Å². The maximum absolute atomic E-state index is 10.9. The van der Waals surface area contributed by atoms with E-state index in [9.17, 15) is 4.79 Å². The van der Waals surface area contributed by atoms with Crippen LogP contribution in [0.3, 0.4) is 0 Å². The molecule has 0 aromatic rings. The van der Waals surface area contributed by atoms with Crippen molar-refractivity contribution in [3.63, 3.8) is 0 Å². The lowest BCUT2D eigenvalue weighted by atomic mass is 9.96. The van der Waals surface area contributed by atoms with Crippen LogP contribution >= 0.6 is 0 Å². The Kier molecular flexibility index (Phi) is 5.04. The number of carboxylic acids is 1. The summed E-state index contributed by atoms with van der Waals surface area (Å²) < 4.78 is 0. The van der Waals surface area contributed by atoms with Crippen molar-refractivity contribution < 1.29 is 9.90 Å². The first-order valence-corrected chi connectivity index (χ1v) is 7.87. The van der Waals surface area contributed by atoms with Gasteiger partial charge in [-0.05, 0) is 65.6 Å². The van der Waals surface area contributed by atoms with Crippen LogP contribution in [0.2, 0.25) is 0 Å². The van der Waals surface area contributed by atoms with Crippen LogP contribution in [-0.2, 0) is 4.79 Å². The minimum absolute atomic E-state index is 0.558. The highest BCUT2D eigenvalue weighted by Gasteiger charge is 2.34. The van der Waals surface area contributed by atoms with Crippen molar-refractivity contribution in [3.8, 4) is 0 Å². The molecule has 5 heteroatoms. The molecule has 2 saturated heterocycles. The van der Waals surface area contributed by atoms with Gasteiger partial charge in [-0.3, -0.25) is 9.69 Å². The lowest BCUT2D eigenvalue weighted by Crippen LogP contribution is -2.44. The molecule has 0 amide bonds. The zero-order valence-electron chi connectivity index (χ0n) is 12.8. The van der Waals surface area contributed by atoms with Crippen LogP contribution in [-0.4, -0.2) is 65.2 Å². The van der Waals surface area contributed by atoms with Gasteiger partial charge in [0.1, 0.15) is 5.54 Å².